The molecule has 0 aliphatic heterocycles. The molecule has 102 valence electrons. The smallest absolute Gasteiger partial charge is 0.323 e. The lowest BCUT2D eigenvalue weighted by molar-refractivity contribution is -0.145. The Morgan fingerprint density at radius 1 is 1.12 bits per heavy atom. The van der Waals surface area contributed by atoms with Gasteiger partial charge in [0.1, 0.15) is 6.04 Å². The van der Waals surface area contributed by atoms with Crippen molar-refractivity contribution in [1.29, 1.82) is 0 Å². The molecule has 0 aromatic heterocycles. The topological polar surface area (TPSA) is 38.3 Å². The summed E-state index contributed by atoms with van der Waals surface area (Å²) in [5.74, 6) is 1.73. The van der Waals surface area contributed by atoms with Crippen LogP contribution in [0, 0.1) is 17.8 Å². The fourth-order valence-corrected chi connectivity index (χ4v) is 2.16. The molecule has 0 heterocycles. The zero-order valence-corrected chi connectivity index (χ0v) is 12.2. The van der Waals surface area contributed by atoms with Crippen molar-refractivity contribution in [2.45, 2.75) is 54.0 Å². The summed E-state index contributed by atoms with van der Waals surface area (Å²) in [4.78, 5) is 11.6. The Morgan fingerprint density at radius 2 is 1.65 bits per heavy atom. The van der Waals surface area contributed by atoms with Crippen molar-refractivity contribution < 1.29 is 9.53 Å². The summed E-state index contributed by atoms with van der Waals surface area (Å²) in [6, 6.07) is -0.157. The van der Waals surface area contributed by atoms with Crippen molar-refractivity contribution in [2.24, 2.45) is 17.8 Å². The predicted octanol–water partition coefficient (Wildman–Crippen LogP) is 2.85. The van der Waals surface area contributed by atoms with Gasteiger partial charge in [-0.1, -0.05) is 34.6 Å². The number of nitrogens with one attached hydrogen (secondary N) is 1. The maximum absolute atomic E-state index is 11.6. The zero-order valence-electron chi connectivity index (χ0n) is 12.2. The molecule has 0 aliphatic rings. The molecule has 0 amide bonds. The van der Waals surface area contributed by atoms with Gasteiger partial charge in [0.15, 0.2) is 0 Å². The second-order valence-electron chi connectivity index (χ2n) is 5.27. The molecule has 0 bridgehead atoms. The van der Waals surface area contributed by atoms with Gasteiger partial charge >= 0.3 is 5.97 Å². The molecule has 1 atom stereocenters. The lowest BCUT2D eigenvalue weighted by Crippen LogP contribution is -2.42. The minimum Gasteiger partial charge on any atom is -0.465 e. The minimum atomic E-state index is -0.157. The molecule has 0 saturated carbocycles. The van der Waals surface area contributed by atoms with Crippen molar-refractivity contribution >= 4 is 5.97 Å². The van der Waals surface area contributed by atoms with Gasteiger partial charge in [0.05, 0.1) is 6.61 Å². The Kier molecular flexibility index (Phi) is 8.23. The van der Waals surface area contributed by atoms with Gasteiger partial charge in [0.2, 0.25) is 0 Å². The van der Waals surface area contributed by atoms with Crippen molar-refractivity contribution in [3.05, 3.63) is 0 Å². The number of hydrogen-bond acceptors (Lipinski definition) is 3. The SMILES string of the molecule is CCOC(=O)C(CC)NCC(C(C)C)C(C)C. The van der Waals surface area contributed by atoms with Crippen molar-refractivity contribution in [3.8, 4) is 0 Å². The van der Waals surface area contributed by atoms with Crippen LogP contribution in [0.15, 0.2) is 0 Å². The summed E-state index contributed by atoms with van der Waals surface area (Å²) >= 11 is 0. The largest absolute Gasteiger partial charge is 0.465 e. The van der Waals surface area contributed by atoms with E-state index in [1.165, 1.54) is 0 Å². The highest BCUT2D eigenvalue weighted by Crippen LogP contribution is 2.19. The number of rotatable bonds is 8. The lowest BCUT2D eigenvalue weighted by Gasteiger charge is -2.27. The summed E-state index contributed by atoms with van der Waals surface area (Å²) in [6.45, 7) is 14.1. The van der Waals surface area contributed by atoms with Crippen LogP contribution in [-0.4, -0.2) is 25.2 Å². The third-order valence-corrected chi connectivity index (χ3v) is 3.29. The number of hydrogen-bond donors (Lipinski definition) is 1. The quantitative estimate of drug-likeness (QED) is 0.666. The number of ether oxygens (including phenoxy) is 1. The van der Waals surface area contributed by atoms with Crippen LogP contribution < -0.4 is 5.32 Å². The third-order valence-electron chi connectivity index (χ3n) is 3.29. The molecule has 0 aromatic rings. The summed E-state index contributed by atoms with van der Waals surface area (Å²) in [5, 5.41) is 3.34. The van der Waals surface area contributed by atoms with Gasteiger partial charge in [-0.15, -0.1) is 0 Å². The monoisotopic (exact) mass is 243 g/mol. The average molecular weight is 243 g/mol. The molecule has 0 rings (SSSR count). The van der Waals surface area contributed by atoms with Crippen LogP contribution in [0.3, 0.4) is 0 Å². The van der Waals surface area contributed by atoms with Crippen molar-refractivity contribution in [3.63, 3.8) is 0 Å². The Bertz CT molecular complexity index is 206. The maximum atomic E-state index is 11.6. The summed E-state index contributed by atoms with van der Waals surface area (Å²) in [5.41, 5.74) is 0. The van der Waals surface area contributed by atoms with E-state index in [9.17, 15) is 4.79 Å². The molecule has 0 fully saturated rings. The number of carbonyl (C=O) groups is 1. The molecule has 17 heavy (non-hydrogen) atoms. The Labute approximate surface area is 106 Å². The fourth-order valence-electron chi connectivity index (χ4n) is 2.16. The van der Waals surface area contributed by atoms with Crippen LogP contribution >= 0.6 is 0 Å². The molecule has 0 saturated heterocycles. The lowest BCUT2D eigenvalue weighted by atomic mass is 9.85. The van der Waals surface area contributed by atoms with E-state index in [0.29, 0.717) is 24.4 Å². The molecule has 1 N–H and O–H groups in total. The number of esters is 1. The van der Waals surface area contributed by atoms with Gasteiger partial charge < -0.3 is 10.1 Å². The maximum Gasteiger partial charge on any atom is 0.323 e. The molecular weight excluding hydrogens is 214 g/mol. The van der Waals surface area contributed by atoms with Gasteiger partial charge in [-0.25, -0.2) is 0 Å². The van der Waals surface area contributed by atoms with E-state index in [1.807, 2.05) is 13.8 Å². The van der Waals surface area contributed by atoms with Crippen LogP contribution in [0.4, 0.5) is 0 Å². The van der Waals surface area contributed by atoms with Crippen LogP contribution in [0.1, 0.15) is 48.0 Å². The minimum absolute atomic E-state index is 0.124. The highest BCUT2D eigenvalue weighted by molar-refractivity contribution is 5.75. The van der Waals surface area contributed by atoms with E-state index in [4.69, 9.17) is 4.74 Å². The first kappa shape index (κ1) is 16.4. The van der Waals surface area contributed by atoms with Gasteiger partial charge in [-0.05, 0) is 37.6 Å². The van der Waals surface area contributed by atoms with Gasteiger partial charge in [-0.3, -0.25) is 4.79 Å². The first-order chi connectivity index (χ1) is 7.93. The summed E-state index contributed by atoms with van der Waals surface area (Å²) in [6.07, 6.45) is 0.780. The normalized spacial score (nSPS) is 13.5. The number of carbonyl (C=O) groups excluding carboxylic acids is 1. The fraction of sp³-hybridized carbons (Fsp3) is 0.929. The van der Waals surface area contributed by atoms with E-state index < -0.39 is 0 Å². The van der Waals surface area contributed by atoms with E-state index in [0.717, 1.165) is 13.0 Å². The highest BCUT2D eigenvalue weighted by atomic mass is 16.5. The van der Waals surface area contributed by atoms with E-state index >= 15 is 0 Å². The van der Waals surface area contributed by atoms with E-state index in [1.54, 1.807) is 0 Å². The van der Waals surface area contributed by atoms with Crippen LogP contribution in [0.5, 0.6) is 0 Å². The molecule has 0 aromatic carbocycles. The second kappa shape index (κ2) is 8.51. The molecule has 0 radical (unpaired) electrons. The van der Waals surface area contributed by atoms with Crippen molar-refractivity contribution in [1.82, 2.24) is 5.32 Å². The van der Waals surface area contributed by atoms with Crippen LogP contribution in [-0.2, 0) is 9.53 Å². The molecule has 0 aliphatic carbocycles. The standard InChI is InChI=1S/C14H29NO2/c1-7-13(14(16)17-8-2)15-9-12(10(3)4)11(5)6/h10-13,15H,7-9H2,1-6H3. The van der Waals surface area contributed by atoms with E-state index in [-0.39, 0.29) is 12.0 Å². The summed E-state index contributed by atoms with van der Waals surface area (Å²) < 4.78 is 5.05. The van der Waals surface area contributed by atoms with Crippen LogP contribution in [0.25, 0.3) is 0 Å². The third kappa shape index (κ3) is 6.06. The molecule has 0 spiro atoms. The second-order valence-corrected chi connectivity index (χ2v) is 5.27. The average Bonchev–Trinajstić information content (AvgIpc) is 2.23. The summed E-state index contributed by atoms with van der Waals surface area (Å²) in [7, 11) is 0. The van der Waals surface area contributed by atoms with Gasteiger partial charge in [0, 0.05) is 0 Å². The Hall–Kier alpha value is -0.570. The van der Waals surface area contributed by atoms with Crippen molar-refractivity contribution in [2.75, 3.05) is 13.2 Å². The Balaban J connectivity index is 4.24. The zero-order chi connectivity index (χ0) is 13.4. The first-order valence-electron chi connectivity index (χ1n) is 6.83. The van der Waals surface area contributed by atoms with Gasteiger partial charge in [0.25, 0.3) is 0 Å². The van der Waals surface area contributed by atoms with Gasteiger partial charge in [-0.2, -0.15) is 0 Å². The Morgan fingerprint density at radius 3 is 2.00 bits per heavy atom. The molecule has 3 heteroatoms. The molecule has 3 nitrogen and oxygen atoms in total. The predicted molar refractivity (Wildman–Crippen MR) is 71.9 cm³/mol. The van der Waals surface area contributed by atoms with E-state index in [2.05, 4.69) is 33.0 Å². The molecular formula is C14H29NO2. The first-order valence-corrected chi connectivity index (χ1v) is 6.83. The van der Waals surface area contributed by atoms with Crippen LogP contribution in [0.2, 0.25) is 0 Å². The highest BCUT2D eigenvalue weighted by Gasteiger charge is 2.22. The molecule has 1 unspecified atom stereocenters.